The van der Waals surface area contributed by atoms with Crippen LogP contribution in [0.1, 0.15) is 128 Å². The Morgan fingerprint density at radius 2 is 1.29 bits per heavy atom. The molecule has 4 aromatic heterocycles. The predicted molar refractivity (Wildman–Crippen MR) is 227 cm³/mol. The van der Waals surface area contributed by atoms with Gasteiger partial charge in [0.2, 0.25) is 11.8 Å². The van der Waals surface area contributed by atoms with Gasteiger partial charge in [-0.3, -0.25) is 9.97 Å². The first-order chi connectivity index (χ1) is 28.8. The highest BCUT2D eigenvalue weighted by Gasteiger charge is 2.49. The highest BCUT2D eigenvalue weighted by molar-refractivity contribution is 5.80. The Bertz CT molecular complexity index is 2460. The summed E-state index contributed by atoms with van der Waals surface area (Å²) in [6.07, 6.45) is 12.0. The molecule has 10 nitrogen and oxygen atoms in total. The smallest absolute Gasteiger partial charge is 0.220 e. The fraction of sp³-hybridized carbons (Fsp3) is 0.469. The number of rotatable bonds is 12. The van der Waals surface area contributed by atoms with Crippen molar-refractivity contribution in [3.05, 3.63) is 119 Å². The molecule has 10 rings (SSSR count). The van der Waals surface area contributed by atoms with Gasteiger partial charge in [-0.25, -0.2) is 9.97 Å². The van der Waals surface area contributed by atoms with Crippen LogP contribution in [0.3, 0.4) is 0 Å². The van der Waals surface area contributed by atoms with Crippen LogP contribution in [-0.2, 0) is 6.42 Å². The maximum Gasteiger partial charge on any atom is 0.220 e. The second-order valence-electron chi connectivity index (χ2n) is 17.9. The van der Waals surface area contributed by atoms with Crippen LogP contribution in [0, 0.1) is 24.7 Å². The molecular weight excluding hydrogens is 737 g/mol. The van der Waals surface area contributed by atoms with Crippen molar-refractivity contribution in [2.75, 3.05) is 13.2 Å². The maximum atomic E-state index is 10.2. The molecule has 4 heterocycles. The van der Waals surface area contributed by atoms with Crippen LogP contribution in [-0.4, -0.2) is 65.5 Å². The second kappa shape index (κ2) is 16.2. The van der Waals surface area contributed by atoms with Crippen molar-refractivity contribution in [3.8, 4) is 11.8 Å². The van der Waals surface area contributed by atoms with E-state index in [1.807, 2.05) is 25.4 Å². The number of para-hydroxylation sites is 1. The molecular formula is C49H54N6O4. The molecule has 0 spiro atoms. The first-order valence-corrected chi connectivity index (χ1v) is 21.9. The molecule has 2 N–H and O–H groups in total. The Morgan fingerprint density at radius 1 is 0.644 bits per heavy atom. The molecule has 4 saturated carbocycles. The summed E-state index contributed by atoms with van der Waals surface area (Å²) in [5, 5.41) is 22.5. The minimum Gasteiger partial charge on any atom is -0.477 e. The summed E-state index contributed by atoms with van der Waals surface area (Å²) < 4.78 is 13.0. The summed E-state index contributed by atoms with van der Waals surface area (Å²) in [6.45, 7) is 5.40. The van der Waals surface area contributed by atoms with Crippen LogP contribution in [0.4, 0.5) is 0 Å². The lowest BCUT2D eigenvalue weighted by molar-refractivity contribution is 0.121. The molecule has 0 aliphatic heterocycles. The van der Waals surface area contributed by atoms with Gasteiger partial charge in [0.25, 0.3) is 0 Å². The number of pyridine rings is 2. The van der Waals surface area contributed by atoms with Crippen LogP contribution >= 0.6 is 0 Å². The Kier molecular flexibility index (Phi) is 10.5. The Balaban J connectivity index is 0.803. The molecule has 0 unspecified atom stereocenters. The van der Waals surface area contributed by atoms with Gasteiger partial charge in [-0.05, 0) is 118 Å². The van der Waals surface area contributed by atoms with Gasteiger partial charge in [-0.15, -0.1) is 0 Å². The SMILES string of the molecule is Cc1ncc(C2CCC(O)CC2)c(OC[C@H]2C[C@H]2c2ccc3cc(Cc4ncc(C5CCC(O)CC5)c(OC[C@H]5[C@@H](C)[C@H]5c5ccc6ccccc6n5)n4)ccc3n2)n1. The summed E-state index contributed by atoms with van der Waals surface area (Å²) in [7, 11) is 0. The van der Waals surface area contributed by atoms with E-state index in [2.05, 4.69) is 77.6 Å². The summed E-state index contributed by atoms with van der Waals surface area (Å²) in [4.78, 5) is 29.2. The number of aliphatic hydroxyl groups is 2. The Labute approximate surface area is 345 Å². The second-order valence-corrected chi connectivity index (χ2v) is 17.9. The fourth-order valence-corrected chi connectivity index (χ4v) is 9.92. The van der Waals surface area contributed by atoms with E-state index >= 15 is 0 Å². The van der Waals surface area contributed by atoms with E-state index < -0.39 is 0 Å². The molecule has 59 heavy (non-hydrogen) atoms. The molecule has 10 heteroatoms. The first kappa shape index (κ1) is 38.2. The zero-order chi connectivity index (χ0) is 40.0. The van der Waals surface area contributed by atoms with E-state index in [4.69, 9.17) is 29.4 Å². The number of aliphatic hydroxyl groups excluding tert-OH is 2. The van der Waals surface area contributed by atoms with Gasteiger partial charge < -0.3 is 19.7 Å². The van der Waals surface area contributed by atoms with Crippen molar-refractivity contribution < 1.29 is 19.7 Å². The zero-order valence-electron chi connectivity index (χ0n) is 34.1. The van der Waals surface area contributed by atoms with Gasteiger partial charge in [-0.1, -0.05) is 43.3 Å². The predicted octanol–water partition coefficient (Wildman–Crippen LogP) is 8.91. The van der Waals surface area contributed by atoms with Gasteiger partial charge in [-0.2, -0.15) is 9.97 Å². The van der Waals surface area contributed by atoms with Gasteiger partial charge >= 0.3 is 0 Å². The van der Waals surface area contributed by atoms with Gasteiger partial charge in [0.15, 0.2) is 0 Å². The van der Waals surface area contributed by atoms with Gasteiger partial charge in [0, 0.05) is 75.8 Å². The average Bonchev–Trinajstić information content (AvgIpc) is 4.18. The standard InChI is InChI=1S/C49H54N6O4/c1-28-41(47(28)45-20-12-33-5-3-4-6-42(33)54-45)27-59-49-40(32-10-16-37(57)17-11-32)25-51-46(55-49)22-30-7-18-43-34(21-30)13-19-44(53-43)38-23-35(38)26-58-48-39(24-50-29(2)52-48)31-8-14-36(56)15-9-31/h3-7,12-13,18-21,24-25,28,31-32,35-38,41,47,56-57H,8-11,14-17,22-23,26-27H2,1-2H3/t28-,31?,32?,35-,36?,37?,38-,41+,47-/m1/s1. The van der Waals surface area contributed by atoms with Crippen molar-refractivity contribution in [1.82, 2.24) is 29.9 Å². The lowest BCUT2D eigenvalue weighted by Gasteiger charge is -2.26. The molecule has 5 atom stereocenters. The number of hydrogen-bond donors (Lipinski definition) is 2. The zero-order valence-corrected chi connectivity index (χ0v) is 34.1. The fourth-order valence-electron chi connectivity index (χ4n) is 9.92. The monoisotopic (exact) mass is 790 g/mol. The molecule has 4 fully saturated rings. The van der Waals surface area contributed by atoms with Crippen molar-refractivity contribution in [2.45, 2.75) is 114 Å². The molecule has 0 saturated heterocycles. The van der Waals surface area contributed by atoms with Gasteiger partial charge in [0.1, 0.15) is 11.6 Å². The number of benzene rings is 2. The van der Waals surface area contributed by atoms with Gasteiger partial charge in [0.05, 0.1) is 36.5 Å². The molecule has 2 aromatic carbocycles. The highest BCUT2D eigenvalue weighted by atomic mass is 16.5. The maximum absolute atomic E-state index is 10.2. The van der Waals surface area contributed by atoms with Crippen molar-refractivity contribution in [2.24, 2.45) is 17.8 Å². The number of aromatic nitrogens is 6. The van der Waals surface area contributed by atoms with E-state index in [-0.39, 0.29) is 18.1 Å². The minimum absolute atomic E-state index is 0.199. The number of hydrogen-bond acceptors (Lipinski definition) is 10. The van der Waals surface area contributed by atoms with Crippen LogP contribution in [0.15, 0.2) is 79.1 Å². The van der Waals surface area contributed by atoms with Crippen molar-refractivity contribution >= 4 is 21.8 Å². The normalized spacial score (nSPS) is 27.8. The van der Waals surface area contributed by atoms with Crippen LogP contribution in [0.2, 0.25) is 0 Å². The molecule has 4 aliphatic carbocycles. The van der Waals surface area contributed by atoms with E-state index in [1.54, 1.807) is 0 Å². The third kappa shape index (κ3) is 8.26. The van der Waals surface area contributed by atoms with Crippen molar-refractivity contribution in [1.29, 1.82) is 0 Å². The van der Waals surface area contributed by atoms with Crippen molar-refractivity contribution in [3.63, 3.8) is 0 Å². The summed E-state index contributed by atoms with van der Waals surface area (Å²) in [6, 6.07) is 23.5. The molecule has 4 aliphatic rings. The quantitative estimate of drug-likeness (QED) is 0.124. The topological polar surface area (TPSA) is 136 Å². The summed E-state index contributed by atoms with van der Waals surface area (Å²) >= 11 is 0. The first-order valence-electron chi connectivity index (χ1n) is 21.9. The number of aryl methyl sites for hydroxylation is 1. The molecule has 0 amide bonds. The number of fused-ring (bicyclic) bond motifs is 2. The molecule has 0 bridgehead atoms. The molecule has 6 aromatic rings. The third-order valence-electron chi connectivity index (χ3n) is 13.8. The lowest BCUT2D eigenvalue weighted by Crippen LogP contribution is -2.19. The van der Waals surface area contributed by atoms with E-state index in [0.29, 0.717) is 72.7 Å². The Hall–Kier alpha value is -5.06. The van der Waals surface area contributed by atoms with E-state index in [1.165, 1.54) is 0 Å². The number of nitrogens with zero attached hydrogens (tertiary/aromatic N) is 6. The molecule has 304 valence electrons. The lowest BCUT2D eigenvalue weighted by atomic mass is 9.83. The van der Waals surface area contributed by atoms with Crippen LogP contribution in [0.25, 0.3) is 21.8 Å². The number of ether oxygens (including phenoxy) is 2. The van der Waals surface area contributed by atoms with Crippen LogP contribution < -0.4 is 9.47 Å². The average molecular weight is 791 g/mol. The third-order valence-corrected chi connectivity index (χ3v) is 13.8. The highest BCUT2D eigenvalue weighted by Crippen LogP contribution is 2.53. The Morgan fingerprint density at radius 3 is 2.07 bits per heavy atom. The molecule has 0 radical (unpaired) electrons. The summed E-state index contributed by atoms with van der Waals surface area (Å²) in [5.41, 5.74) is 7.54. The largest absolute Gasteiger partial charge is 0.477 e. The minimum atomic E-state index is -0.229. The summed E-state index contributed by atoms with van der Waals surface area (Å²) in [5.74, 6) is 5.45. The van der Waals surface area contributed by atoms with Crippen LogP contribution in [0.5, 0.6) is 11.8 Å². The van der Waals surface area contributed by atoms with E-state index in [0.717, 1.165) is 113 Å². The van der Waals surface area contributed by atoms with E-state index in [9.17, 15) is 10.2 Å².